The number of aromatic amines is 1. The van der Waals surface area contributed by atoms with Crippen molar-refractivity contribution in [3.63, 3.8) is 0 Å². The maximum Gasteiger partial charge on any atom is 0.252 e. The summed E-state index contributed by atoms with van der Waals surface area (Å²) < 4.78 is 5.43. The largest absolute Gasteiger partial charge is 0.377 e. The van der Waals surface area contributed by atoms with Crippen LogP contribution in [0, 0.1) is 0 Å². The van der Waals surface area contributed by atoms with Crippen LogP contribution in [-0.4, -0.2) is 16.6 Å². The Bertz CT molecular complexity index is 581. The number of anilines is 1. The summed E-state index contributed by atoms with van der Waals surface area (Å²) in [5.74, 6) is 0.565. The molecule has 1 aromatic carbocycles. The molecule has 0 unspecified atom stereocenters. The molecule has 0 radical (unpaired) electrons. The molecule has 1 heterocycles. The lowest BCUT2D eigenvalue weighted by atomic mass is 10.1. The first-order valence-electron chi connectivity index (χ1n) is 6.22. The highest BCUT2D eigenvalue weighted by Gasteiger charge is 2.02. The number of nitrogens with one attached hydrogen (secondary N) is 2. The number of hydrogen-bond donors (Lipinski definition) is 2. The van der Waals surface area contributed by atoms with E-state index in [1.165, 1.54) is 12.4 Å². The fourth-order valence-electron chi connectivity index (χ4n) is 1.73. The van der Waals surface area contributed by atoms with Crippen molar-refractivity contribution in [1.29, 1.82) is 0 Å². The predicted octanol–water partition coefficient (Wildman–Crippen LogP) is 1.92. The first-order valence-corrected chi connectivity index (χ1v) is 6.22. The van der Waals surface area contributed by atoms with E-state index < -0.39 is 0 Å². The minimum Gasteiger partial charge on any atom is -0.377 e. The molecule has 0 bridgehead atoms. The van der Waals surface area contributed by atoms with Crippen LogP contribution in [0.5, 0.6) is 0 Å². The molecule has 100 valence electrons. The van der Waals surface area contributed by atoms with Crippen molar-refractivity contribution >= 4 is 5.82 Å². The van der Waals surface area contributed by atoms with Crippen LogP contribution in [0.3, 0.4) is 0 Å². The summed E-state index contributed by atoms with van der Waals surface area (Å²) in [6.45, 7) is 3.87. The van der Waals surface area contributed by atoms with E-state index in [0.29, 0.717) is 25.6 Å². The van der Waals surface area contributed by atoms with Crippen molar-refractivity contribution < 1.29 is 4.74 Å². The van der Waals surface area contributed by atoms with Crippen LogP contribution < -0.4 is 10.9 Å². The molecule has 5 heteroatoms. The molecule has 0 atom stereocenters. The molecule has 5 nitrogen and oxygen atoms in total. The molecule has 19 heavy (non-hydrogen) atoms. The van der Waals surface area contributed by atoms with E-state index in [4.69, 9.17) is 4.74 Å². The summed E-state index contributed by atoms with van der Waals surface area (Å²) in [6.07, 6.45) is 1.39. The fraction of sp³-hybridized carbons (Fsp3) is 0.286. The molecule has 2 aromatic rings. The summed E-state index contributed by atoms with van der Waals surface area (Å²) in [4.78, 5) is 17.7. The standard InChI is InChI=1S/C14H17N3O2/c1-2-19-9-12-6-4-3-5-11(12)8-15-13-7-14(18)17-10-16-13/h3-7,10H,2,8-9H2,1H3,(H2,15,16,17,18). The zero-order valence-corrected chi connectivity index (χ0v) is 10.8. The maximum atomic E-state index is 11.2. The fourth-order valence-corrected chi connectivity index (χ4v) is 1.73. The minimum atomic E-state index is -0.167. The highest BCUT2D eigenvalue weighted by Crippen LogP contribution is 2.11. The number of nitrogens with zero attached hydrogens (tertiary/aromatic N) is 1. The molecular weight excluding hydrogens is 242 g/mol. The van der Waals surface area contributed by atoms with Crippen molar-refractivity contribution in [3.8, 4) is 0 Å². The maximum absolute atomic E-state index is 11.2. The van der Waals surface area contributed by atoms with Gasteiger partial charge in [-0.25, -0.2) is 4.98 Å². The van der Waals surface area contributed by atoms with Crippen LogP contribution in [0.2, 0.25) is 0 Å². The second-order valence-corrected chi connectivity index (χ2v) is 4.06. The Balaban J connectivity index is 2.04. The predicted molar refractivity (Wildman–Crippen MR) is 74.0 cm³/mol. The van der Waals surface area contributed by atoms with E-state index in [0.717, 1.165) is 11.1 Å². The Labute approximate surface area is 111 Å². The van der Waals surface area contributed by atoms with Gasteiger partial charge in [0.05, 0.1) is 12.9 Å². The molecule has 0 saturated carbocycles. The van der Waals surface area contributed by atoms with Gasteiger partial charge in [0.25, 0.3) is 5.56 Å². The van der Waals surface area contributed by atoms with E-state index in [9.17, 15) is 4.79 Å². The van der Waals surface area contributed by atoms with Gasteiger partial charge >= 0.3 is 0 Å². The zero-order chi connectivity index (χ0) is 13.5. The van der Waals surface area contributed by atoms with E-state index in [1.807, 2.05) is 31.2 Å². The molecule has 1 aromatic heterocycles. The van der Waals surface area contributed by atoms with Gasteiger partial charge in [-0.1, -0.05) is 24.3 Å². The lowest BCUT2D eigenvalue weighted by Crippen LogP contribution is -2.10. The Hall–Kier alpha value is -2.14. The zero-order valence-electron chi connectivity index (χ0n) is 10.8. The summed E-state index contributed by atoms with van der Waals surface area (Å²) in [5.41, 5.74) is 2.11. The molecule has 0 spiro atoms. The van der Waals surface area contributed by atoms with Crippen LogP contribution in [0.1, 0.15) is 18.1 Å². The van der Waals surface area contributed by atoms with Gasteiger partial charge in [0.1, 0.15) is 5.82 Å². The van der Waals surface area contributed by atoms with E-state index in [-0.39, 0.29) is 5.56 Å². The van der Waals surface area contributed by atoms with Gasteiger partial charge in [-0.2, -0.15) is 0 Å². The third kappa shape index (κ3) is 3.93. The van der Waals surface area contributed by atoms with Gasteiger partial charge in [0.2, 0.25) is 0 Å². The smallest absolute Gasteiger partial charge is 0.252 e. The van der Waals surface area contributed by atoms with Crippen LogP contribution in [-0.2, 0) is 17.9 Å². The van der Waals surface area contributed by atoms with Crippen LogP contribution >= 0.6 is 0 Å². The van der Waals surface area contributed by atoms with Crippen LogP contribution in [0.4, 0.5) is 5.82 Å². The van der Waals surface area contributed by atoms with Gasteiger partial charge in [-0.05, 0) is 18.1 Å². The Morgan fingerprint density at radius 3 is 2.84 bits per heavy atom. The summed E-state index contributed by atoms with van der Waals surface area (Å²) in [6, 6.07) is 9.48. The topological polar surface area (TPSA) is 67.0 Å². The molecule has 0 fully saturated rings. The van der Waals surface area contributed by atoms with E-state index in [1.54, 1.807) is 0 Å². The second kappa shape index (κ2) is 6.70. The van der Waals surface area contributed by atoms with E-state index >= 15 is 0 Å². The third-order valence-corrected chi connectivity index (χ3v) is 2.72. The van der Waals surface area contributed by atoms with Gasteiger partial charge in [0.15, 0.2) is 0 Å². The van der Waals surface area contributed by atoms with Crippen molar-refractivity contribution in [2.75, 3.05) is 11.9 Å². The SMILES string of the molecule is CCOCc1ccccc1CNc1cc(=O)[nH]cn1. The molecule has 0 amide bonds. The van der Waals surface area contributed by atoms with Crippen molar-refractivity contribution in [2.24, 2.45) is 0 Å². The average molecular weight is 259 g/mol. The summed E-state index contributed by atoms with van der Waals surface area (Å²) in [7, 11) is 0. The number of H-pyrrole nitrogens is 1. The Morgan fingerprint density at radius 1 is 1.32 bits per heavy atom. The normalized spacial score (nSPS) is 10.4. The number of hydrogen-bond acceptors (Lipinski definition) is 4. The summed E-state index contributed by atoms with van der Waals surface area (Å²) in [5, 5.41) is 3.13. The Morgan fingerprint density at radius 2 is 2.11 bits per heavy atom. The lowest BCUT2D eigenvalue weighted by molar-refractivity contribution is 0.133. The molecule has 0 aliphatic rings. The van der Waals surface area contributed by atoms with E-state index in [2.05, 4.69) is 15.3 Å². The van der Waals surface area contributed by atoms with Crippen LogP contribution in [0.25, 0.3) is 0 Å². The average Bonchev–Trinajstić information content (AvgIpc) is 2.44. The van der Waals surface area contributed by atoms with Gasteiger partial charge in [-0.15, -0.1) is 0 Å². The quantitative estimate of drug-likeness (QED) is 0.831. The molecule has 0 aliphatic carbocycles. The number of aromatic nitrogens is 2. The van der Waals surface area contributed by atoms with Crippen molar-refractivity contribution in [3.05, 3.63) is 58.1 Å². The highest BCUT2D eigenvalue weighted by molar-refractivity contribution is 5.35. The molecule has 0 aliphatic heterocycles. The third-order valence-electron chi connectivity index (χ3n) is 2.72. The first-order chi connectivity index (χ1) is 9.29. The molecular formula is C14H17N3O2. The van der Waals surface area contributed by atoms with Gasteiger partial charge < -0.3 is 15.0 Å². The van der Waals surface area contributed by atoms with Crippen molar-refractivity contribution in [1.82, 2.24) is 9.97 Å². The Kier molecular flexibility index (Phi) is 4.69. The second-order valence-electron chi connectivity index (χ2n) is 4.06. The lowest BCUT2D eigenvalue weighted by Gasteiger charge is -2.10. The van der Waals surface area contributed by atoms with Gasteiger partial charge in [0, 0.05) is 19.2 Å². The molecule has 2 rings (SSSR count). The highest BCUT2D eigenvalue weighted by atomic mass is 16.5. The number of rotatable bonds is 6. The number of benzene rings is 1. The molecule has 2 N–H and O–H groups in total. The summed E-state index contributed by atoms with van der Waals surface area (Å²) >= 11 is 0. The number of ether oxygens (including phenoxy) is 1. The van der Waals surface area contributed by atoms with Gasteiger partial charge in [-0.3, -0.25) is 4.79 Å². The molecule has 0 saturated heterocycles. The first kappa shape index (κ1) is 13.3. The van der Waals surface area contributed by atoms with Crippen molar-refractivity contribution in [2.45, 2.75) is 20.1 Å². The monoisotopic (exact) mass is 259 g/mol. The minimum absolute atomic E-state index is 0.167. The van der Waals surface area contributed by atoms with Crippen LogP contribution in [0.15, 0.2) is 41.5 Å².